The van der Waals surface area contributed by atoms with Gasteiger partial charge in [0.25, 0.3) is 0 Å². The highest BCUT2D eigenvalue weighted by molar-refractivity contribution is 7.99. The fourth-order valence-corrected chi connectivity index (χ4v) is 2.71. The van der Waals surface area contributed by atoms with Gasteiger partial charge in [0.05, 0.1) is 0 Å². The van der Waals surface area contributed by atoms with Crippen molar-refractivity contribution in [3.63, 3.8) is 0 Å². The van der Waals surface area contributed by atoms with Crippen LogP contribution in [0.2, 0.25) is 0 Å². The molecular formula is C13H22N2S. The Morgan fingerprint density at radius 1 is 1.31 bits per heavy atom. The number of nitrogens with two attached hydrogens (primary N) is 1. The Bertz CT molecular complexity index is 313. The van der Waals surface area contributed by atoms with Gasteiger partial charge in [-0.3, -0.25) is 0 Å². The van der Waals surface area contributed by atoms with Gasteiger partial charge in [-0.15, -0.1) is 11.8 Å². The molecule has 0 heterocycles. The lowest BCUT2D eigenvalue weighted by Gasteiger charge is -2.15. The zero-order valence-corrected chi connectivity index (χ0v) is 11.3. The monoisotopic (exact) mass is 238 g/mol. The normalized spacial score (nSPS) is 13.1. The molecule has 0 saturated heterocycles. The molecule has 1 unspecified atom stereocenters. The topological polar surface area (TPSA) is 29.3 Å². The molecule has 1 rings (SSSR count). The van der Waals surface area contributed by atoms with Crippen molar-refractivity contribution in [1.82, 2.24) is 4.90 Å². The van der Waals surface area contributed by atoms with E-state index < -0.39 is 0 Å². The smallest absolute Gasteiger partial charge is 0.0303 e. The second-order valence-corrected chi connectivity index (χ2v) is 5.34. The van der Waals surface area contributed by atoms with Crippen LogP contribution in [-0.2, 0) is 0 Å². The van der Waals surface area contributed by atoms with Crippen molar-refractivity contribution in [2.24, 2.45) is 5.73 Å². The van der Waals surface area contributed by atoms with E-state index in [2.05, 4.69) is 50.2 Å². The Morgan fingerprint density at radius 3 is 2.62 bits per heavy atom. The first-order chi connectivity index (χ1) is 7.65. The van der Waals surface area contributed by atoms with E-state index in [-0.39, 0.29) is 6.04 Å². The Morgan fingerprint density at radius 2 is 2.00 bits per heavy atom. The largest absolute Gasteiger partial charge is 0.324 e. The summed E-state index contributed by atoms with van der Waals surface area (Å²) in [5.74, 6) is 1.11. The molecule has 3 heteroatoms. The molecule has 2 nitrogen and oxygen atoms in total. The van der Waals surface area contributed by atoms with E-state index in [0.29, 0.717) is 0 Å². The molecule has 2 N–H and O–H groups in total. The summed E-state index contributed by atoms with van der Waals surface area (Å²) in [5.41, 5.74) is 7.39. The number of nitrogens with zero attached hydrogens (tertiary/aromatic N) is 1. The molecular weight excluding hydrogens is 216 g/mol. The quantitative estimate of drug-likeness (QED) is 0.773. The maximum absolute atomic E-state index is 6.10. The lowest BCUT2D eigenvalue weighted by atomic mass is 10.1. The maximum atomic E-state index is 6.10. The summed E-state index contributed by atoms with van der Waals surface area (Å²) in [6, 6.07) is 8.64. The van der Waals surface area contributed by atoms with Gasteiger partial charge < -0.3 is 10.6 Å². The minimum absolute atomic E-state index is 0.169. The summed E-state index contributed by atoms with van der Waals surface area (Å²) in [6.07, 6.45) is 0.991. The van der Waals surface area contributed by atoms with Gasteiger partial charge in [0.2, 0.25) is 0 Å². The molecule has 1 aromatic carbocycles. The number of thioether (sulfide) groups is 1. The Balaban J connectivity index is 2.64. The van der Waals surface area contributed by atoms with Crippen LogP contribution in [0.4, 0.5) is 0 Å². The van der Waals surface area contributed by atoms with Crippen LogP contribution in [0.25, 0.3) is 0 Å². The van der Waals surface area contributed by atoms with E-state index in [1.807, 2.05) is 11.8 Å². The molecule has 0 fully saturated rings. The van der Waals surface area contributed by atoms with Gasteiger partial charge in [0.1, 0.15) is 0 Å². The Labute approximate surface area is 103 Å². The van der Waals surface area contributed by atoms with Crippen LogP contribution in [0, 0.1) is 0 Å². The van der Waals surface area contributed by atoms with Crippen LogP contribution >= 0.6 is 11.8 Å². The predicted molar refractivity (Wildman–Crippen MR) is 72.9 cm³/mol. The molecule has 90 valence electrons. The van der Waals surface area contributed by atoms with Gasteiger partial charge in [-0.05, 0) is 32.1 Å². The van der Waals surface area contributed by atoms with Gasteiger partial charge in [0.15, 0.2) is 0 Å². The zero-order chi connectivity index (χ0) is 12.0. The van der Waals surface area contributed by atoms with Crippen LogP contribution < -0.4 is 5.73 Å². The molecule has 1 aromatic rings. The molecule has 0 saturated carbocycles. The van der Waals surface area contributed by atoms with E-state index in [1.54, 1.807) is 0 Å². The summed E-state index contributed by atoms with van der Waals surface area (Å²) in [7, 11) is 4.20. The molecule has 0 aliphatic carbocycles. The van der Waals surface area contributed by atoms with Crippen LogP contribution in [0.1, 0.15) is 24.9 Å². The fraction of sp³-hybridized carbons (Fsp3) is 0.538. The van der Waals surface area contributed by atoms with Crippen molar-refractivity contribution in [3.05, 3.63) is 29.8 Å². The molecule has 0 radical (unpaired) electrons. The highest BCUT2D eigenvalue weighted by Gasteiger charge is 2.08. The molecule has 16 heavy (non-hydrogen) atoms. The summed E-state index contributed by atoms with van der Waals surface area (Å²) >= 11 is 1.90. The first-order valence-corrected chi connectivity index (χ1v) is 6.75. The molecule has 0 aliphatic heterocycles. The fourth-order valence-electron chi connectivity index (χ4n) is 1.48. The Kier molecular flexibility index (Phi) is 5.88. The average molecular weight is 238 g/mol. The Hall–Kier alpha value is -0.510. The number of hydrogen-bond acceptors (Lipinski definition) is 3. The molecule has 0 amide bonds. The predicted octanol–water partition coefficient (Wildman–Crippen LogP) is 2.75. The van der Waals surface area contributed by atoms with Crippen molar-refractivity contribution in [2.75, 3.05) is 26.4 Å². The minimum Gasteiger partial charge on any atom is -0.324 e. The second-order valence-electron chi connectivity index (χ2n) is 4.20. The van der Waals surface area contributed by atoms with Crippen molar-refractivity contribution >= 4 is 11.8 Å². The molecule has 0 spiro atoms. The van der Waals surface area contributed by atoms with Gasteiger partial charge in [0, 0.05) is 23.2 Å². The van der Waals surface area contributed by atoms with Gasteiger partial charge in [-0.2, -0.15) is 0 Å². The van der Waals surface area contributed by atoms with Crippen LogP contribution in [-0.4, -0.2) is 31.3 Å². The third kappa shape index (κ3) is 4.16. The van der Waals surface area contributed by atoms with Crippen molar-refractivity contribution in [3.8, 4) is 0 Å². The van der Waals surface area contributed by atoms with Gasteiger partial charge in [-0.25, -0.2) is 0 Å². The van der Waals surface area contributed by atoms with Crippen LogP contribution in [0.3, 0.4) is 0 Å². The summed E-state index contributed by atoms with van der Waals surface area (Å²) in [4.78, 5) is 3.54. The van der Waals surface area contributed by atoms with E-state index in [4.69, 9.17) is 5.73 Å². The first kappa shape index (κ1) is 13.6. The van der Waals surface area contributed by atoms with E-state index in [1.165, 1.54) is 10.5 Å². The van der Waals surface area contributed by atoms with E-state index in [0.717, 1.165) is 18.7 Å². The standard InChI is InChI=1S/C13H22N2S/c1-4-12(14)11-7-5-6-8-13(11)16-10-9-15(2)3/h5-8,12H,4,9-10,14H2,1-3H3. The summed E-state index contributed by atoms with van der Waals surface area (Å²) in [5, 5.41) is 0. The average Bonchev–Trinajstić information content (AvgIpc) is 2.28. The summed E-state index contributed by atoms with van der Waals surface area (Å²) < 4.78 is 0. The SMILES string of the molecule is CCC(N)c1ccccc1SCCN(C)C. The van der Waals surface area contributed by atoms with Crippen LogP contribution in [0.15, 0.2) is 29.2 Å². The maximum Gasteiger partial charge on any atom is 0.0303 e. The molecule has 0 aliphatic rings. The van der Waals surface area contributed by atoms with Gasteiger partial charge >= 0.3 is 0 Å². The third-order valence-electron chi connectivity index (χ3n) is 2.55. The first-order valence-electron chi connectivity index (χ1n) is 5.77. The van der Waals surface area contributed by atoms with E-state index >= 15 is 0 Å². The van der Waals surface area contributed by atoms with Crippen molar-refractivity contribution in [1.29, 1.82) is 0 Å². The highest BCUT2D eigenvalue weighted by atomic mass is 32.2. The number of hydrogen-bond donors (Lipinski definition) is 1. The second kappa shape index (κ2) is 6.94. The third-order valence-corrected chi connectivity index (χ3v) is 3.62. The minimum atomic E-state index is 0.169. The number of rotatable bonds is 6. The van der Waals surface area contributed by atoms with Crippen molar-refractivity contribution < 1.29 is 0 Å². The zero-order valence-electron chi connectivity index (χ0n) is 10.4. The summed E-state index contributed by atoms with van der Waals surface area (Å²) in [6.45, 7) is 3.23. The van der Waals surface area contributed by atoms with E-state index in [9.17, 15) is 0 Å². The van der Waals surface area contributed by atoms with Gasteiger partial charge in [-0.1, -0.05) is 25.1 Å². The lowest BCUT2D eigenvalue weighted by molar-refractivity contribution is 0.437. The van der Waals surface area contributed by atoms with Crippen molar-refractivity contribution in [2.45, 2.75) is 24.3 Å². The highest BCUT2D eigenvalue weighted by Crippen LogP contribution is 2.27. The molecule has 0 bridgehead atoms. The van der Waals surface area contributed by atoms with Crippen LogP contribution in [0.5, 0.6) is 0 Å². The number of benzene rings is 1. The lowest BCUT2D eigenvalue weighted by Crippen LogP contribution is -2.15. The molecule has 1 atom stereocenters. The molecule has 0 aromatic heterocycles.